The fraction of sp³-hybridized carbons (Fsp3) is 0.615. The van der Waals surface area contributed by atoms with Crippen molar-refractivity contribution in [3.63, 3.8) is 0 Å². The highest BCUT2D eigenvalue weighted by Crippen LogP contribution is 2.08. The third-order valence-corrected chi connectivity index (χ3v) is 1.83. The molecule has 1 aromatic heterocycles. The Morgan fingerprint density at radius 1 is 1.27 bits per heavy atom. The summed E-state index contributed by atoms with van der Waals surface area (Å²) in [7, 11) is 0. The van der Waals surface area contributed by atoms with E-state index in [0.29, 0.717) is 5.92 Å². The number of aryl methyl sites for hydroxylation is 1. The molecule has 86 valence electrons. The van der Waals surface area contributed by atoms with Crippen LogP contribution in [0.15, 0.2) is 18.3 Å². The van der Waals surface area contributed by atoms with Crippen LogP contribution < -0.4 is 4.74 Å². The summed E-state index contributed by atoms with van der Waals surface area (Å²) >= 11 is 0. The minimum absolute atomic E-state index is 0.686. The van der Waals surface area contributed by atoms with E-state index in [1.807, 2.05) is 39.1 Å². The van der Waals surface area contributed by atoms with Gasteiger partial charge in [-0.3, -0.25) is 0 Å². The van der Waals surface area contributed by atoms with E-state index in [9.17, 15) is 0 Å². The molecule has 2 heteroatoms. The minimum atomic E-state index is 0.686. The fourth-order valence-electron chi connectivity index (χ4n) is 0.939. The maximum absolute atomic E-state index is 5.46. The van der Waals surface area contributed by atoms with Crippen molar-refractivity contribution in [2.45, 2.75) is 41.0 Å². The maximum atomic E-state index is 5.46. The molecule has 0 bridgehead atoms. The second-order valence-electron chi connectivity index (χ2n) is 3.70. The van der Waals surface area contributed by atoms with Gasteiger partial charge in [0.25, 0.3) is 0 Å². The van der Waals surface area contributed by atoms with Crippen molar-refractivity contribution in [1.29, 1.82) is 0 Å². The van der Waals surface area contributed by atoms with Gasteiger partial charge in [0.15, 0.2) is 0 Å². The molecule has 0 aromatic carbocycles. The summed E-state index contributed by atoms with van der Waals surface area (Å²) < 4.78 is 5.46. The highest BCUT2D eigenvalue weighted by atomic mass is 16.5. The van der Waals surface area contributed by atoms with E-state index in [-0.39, 0.29) is 0 Å². The van der Waals surface area contributed by atoms with Crippen molar-refractivity contribution >= 4 is 0 Å². The number of pyridine rings is 1. The van der Waals surface area contributed by atoms with Gasteiger partial charge in [0, 0.05) is 12.3 Å². The lowest BCUT2D eigenvalue weighted by Gasteiger charge is -2.06. The maximum Gasteiger partial charge on any atom is 0.213 e. The Morgan fingerprint density at radius 3 is 2.40 bits per heavy atom. The van der Waals surface area contributed by atoms with Crippen LogP contribution in [0.25, 0.3) is 0 Å². The SMILES string of the molecule is CC.Cc1ccc(OCCC(C)C)nc1. The van der Waals surface area contributed by atoms with Crippen LogP contribution in [0, 0.1) is 12.8 Å². The standard InChI is InChI=1S/C11H17NO.C2H6/c1-9(2)6-7-13-11-5-4-10(3)8-12-11;1-2/h4-5,8-9H,6-7H2,1-3H3;1-2H3. The van der Waals surface area contributed by atoms with Gasteiger partial charge in [-0.25, -0.2) is 4.98 Å². The van der Waals surface area contributed by atoms with Gasteiger partial charge in [-0.05, 0) is 24.8 Å². The van der Waals surface area contributed by atoms with Crippen molar-refractivity contribution in [3.8, 4) is 5.88 Å². The molecule has 0 atom stereocenters. The first-order chi connectivity index (χ1) is 7.18. The molecule has 1 aromatic rings. The third-order valence-electron chi connectivity index (χ3n) is 1.83. The van der Waals surface area contributed by atoms with E-state index in [1.54, 1.807) is 0 Å². The van der Waals surface area contributed by atoms with E-state index in [0.717, 1.165) is 24.5 Å². The molecule has 0 radical (unpaired) electrons. The van der Waals surface area contributed by atoms with Crippen molar-refractivity contribution in [1.82, 2.24) is 4.98 Å². The normalized spacial score (nSPS) is 9.47. The summed E-state index contributed by atoms with van der Waals surface area (Å²) in [5, 5.41) is 0. The minimum Gasteiger partial charge on any atom is -0.478 e. The Bertz CT molecular complexity index is 241. The first-order valence-corrected chi connectivity index (χ1v) is 5.74. The topological polar surface area (TPSA) is 22.1 Å². The van der Waals surface area contributed by atoms with Crippen LogP contribution in [0.2, 0.25) is 0 Å². The second-order valence-corrected chi connectivity index (χ2v) is 3.70. The number of nitrogens with zero attached hydrogens (tertiary/aromatic N) is 1. The summed E-state index contributed by atoms with van der Waals surface area (Å²) in [5.41, 5.74) is 1.16. The van der Waals surface area contributed by atoms with Gasteiger partial charge in [-0.15, -0.1) is 0 Å². The van der Waals surface area contributed by atoms with Gasteiger partial charge in [0.2, 0.25) is 5.88 Å². The molecule has 0 aliphatic rings. The number of ether oxygens (including phenoxy) is 1. The summed E-state index contributed by atoms with van der Waals surface area (Å²) in [6.07, 6.45) is 2.90. The monoisotopic (exact) mass is 209 g/mol. The van der Waals surface area contributed by atoms with Crippen molar-refractivity contribution in [2.75, 3.05) is 6.61 Å². The Hall–Kier alpha value is -1.05. The Labute approximate surface area is 93.7 Å². The molecule has 0 N–H and O–H groups in total. The van der Waals surface area contributed by atoms with Gasteiger partial charge in [0.1, 0.15) is 0 Å². The molecule has 1 heterocycles. The second kappa shape index (κ2) is 8.27. The van der Waals surface area contributed by atoms with Crippen LogP contribution in [0.1, 0.15) is 39.7 Å². The van der Waals surface area contributed by atoms with E-state index >= 15 is 0 Å². The predicted octanol–water partition coefficient (Wildman–Crippen LogP) is 3.84. The summed E-state index contributed by atoms with van der Waals surface area (Å²) in [6.45, 7) is 11.1. The highest BCUT2D eigenvalue weighted by molar-refractivity contribution is 5.16. The molecule has 0 fully saturated rings. The zero-order chi connectivity index (χ0) is 11.7. The number of hydrogen-bond donors (Lipinski definition) is 0. The lowest BCUT2D eigenvalue weighted by Crippen LogP contribution is -2.02. The highest BCUT2D eigenvalue weighted by Gasteiger charge is 1.96. The lowest BCUT2D eigenvalue weighted by atomic mass is 10.1. The Kier molecular flexibility index (Phi) is 7.69. The molecule has 15 heavy (non-hydrogen) atoms. The van der Waals surface area contributed by atoms with E-state index < -0.39 is 0 Å². The van der Waals surface area contributed by atoms with Crippen LogP contribution in [0.5, 0.6) is 5.88 Å². The number of rotatable bonds is 4. The molecule has 0 saturated heterocycles. The van der Waals surface area contributed by atoms with Gasteiger partial charge in [-0.1, -0.05) is 33.8 Å². The lowest BCUT2D eigenvalue weighted by molar-refractivity contribution is 0.279. The van der Waals surface area contributed by atoms with Crippen LogP contribution >= 0.6 is 0 Å². The summed E-state index contributed by atoms with van der Waals surface area (Å²) in [5.74, 6) is 1.41. The van der Waals surface area contributed by atoms with Crippen LogP contribution in [0.3, 0.4) is 0 Å². The van der Waals surface area contributed by atoms with E-state index in [2.05, 4.69) is 18.8 Å². The quantitative estimate of drug-likeness (QED) is 0.751. The molecular weight excluding hydrogens is 186 g/mol. The average molecular weight is 209 g/mol. The zero-order valence-corrected chi connectivity index (χ0v) is 10.6. The average Bonchev–Trinajstić information content (AvgIpc) is 2.23. The van der Waals surface area contributed by atoms with Gasteiger partial charge >= 0.3 is 0 Å². The van der Waals surface area contributed by atoms with Crippen molar-refractivity contribution in [2.24, 2.45) is 5.92 Å². The Balaban J connectivity index is 0.000000921. The van der Waals surface area contributed by atoms with Gasteiger partial charge < -0.3 is 4.74 Å². The fourth-order valence-corrected chi connectivity index (χ4v) is 0.939. The zero-order valence-electron chi connectivity index (χ0n) is 10.6. The van der Waals surface area contributed by atoms with Gasteiger partial charge in [-0.2, -0.15) is 0 Å². The van der Waals surface area contributed by atoms with Crippen LogP contribution in [0.4, 0.5) is 0 Å². The number of hydrogen-bond acceptors (Lipinski definition) is 2. The summed E-state index contributed by atoms with van der Waals surface area (Å²) in [6, 6.07) is 3.92. The molecule has 0 spiro atoms. The van der Waals surface area contributed by atoms with E-state index in [1.165, 1.54) is 0 Å². The molecule has 1 rings (SSSR count). The van der Waals surface area contributed by atoms with Crippen LogP contribution in [-0.4, -0.2) is 11.6 Å². The Morgan fingerprint density at radius 2 is 1.93 bits per heavy atom. The third kappa shape index (κ3) is 6.95. The van der Waals surface area contributed by atoms with Crippen molar-refractivity contribution in [3.05, 3.63) is 23.9 Å². The van der Waals surface area contributed by atoms with Crippen molar-refractivity contribution < 1.29 is 4.74 Å². The largest absolute Gasteiger partial charge is 0.478 e. The number of aromatic nitrogens is 1. The van der Waals surface area contributed by atoms with Gasteiger partial charge in [0.05, 0.1) is 6.61 Å². The molecule has 2 nitrogen and oxygen atoms in total. The first-order valence-electron chi connectivity index (χ1n) is 5.74. The molecular formula is C13H23NO. The molecule has 0 saturated carbocycles. The molecule has 0 unspecified atom stereocenters. The molecule has 0 aliphatic heterocycles. The molecule has 0 amide bonds. The molecule has 0 aliphatic carbocycles. The van der Waals surface area contributed by atoms with E-state index in [4.69, 9.17) is 4.74 Å². The smallest absolute Gasteiger partial charge is 0.213 e. The summed E-state index contributed by atoms with van der Waals surface area (Å²) in [4.78, 5) is 4.15. The first kappa shape index (κ1) is 13.9. The predicted molar refractivity (Wildman–Crippen MR) is 65.3 cm³/mol. The van der Waals surface area contributed by atoms with Crippen LogP contribution in [-0.2, 0) is 0 Å².